The number of aliphatic hydroxyl groups is 1. The number of benzene rings is 1. The molecule has 0 amide bonds. The van der Waals surface area contributed by atoms with Crippen LogP contribution in [-0.2, 0) is 6.54 Å². The minimum Gasteiger partial charge on any atom is -0.396 e. The second-order valence-electron chi connectivity index (χ2n) is 5.57. The van der Waals surface area contributed by atoms with Gasteiger partial charge < -0.3 is 5.11 Å². The van der Waals surface area contributed by atoms with Crippen molar-refractivity contribution in [3.8, 4) is 0 Å². The van der Waals surface area contributed by atoms with E-state index in [1.807, 2.05) is 12.3 Å². The molecule has 1 aromatic heterocycles. The van der Waals surface area contributed by atoms with Crippen molar-refractivity contribution in [1.82, 2.24) is 9.88 Å². The predicted octanol–water partition coefficient (Wildman–Crippen LogP) is 3.20. The van der Waals surface area contributed by atoms with Crippen molar-refractivity contribution in [3.63, 3.8) is 0 Å². The number of hydrogen-bond acceptors (Lipinski definition) is 3. The molecule has 1 aliphatic heterocycles. The van der Waals surface area contributed by atoms with E-state index in [9.17, 15) is 5.11 Å². The van der Waals surface area contributed by atoms with Gasteiger partial charge in [0.2, 0.25) is 0 Å². The van der Waals surface area contributed by atoms with Crippen LogP contribution in [0.25, 0.3) is 10.9 Å². The zero-order valence-electron chi connectivity index (χ0n) is 11.4. The van der Waals surface area contributed by atoms with Crippen LogP contribution in [0.5, 0.6) is 0 Å². The normalized spacial score (nSPS) is 20.4. The molecule has 2 heterocycles. The van der Waals surface area contributed by atoms with Crippen LogP contribution >= 0.6 is 15.9 Å². The highest BCUT2D eigenvalue weighted by Crippen LogP contribution is 2.25. The highest BCUT2D eigenvalue weighted by molar-refractivity contribution is 9.10. The molecule has 1 fully saturated rings. The van der Waals surface area contributed by atoms with Gasteiger partial charge in [-0.1, -0.05) is 22.0 Å². The molecule has 1 saturated heterocycles. The summed E-state index contributed by atoms with van der Waals surface area (Å²) in [4.78, 5) is 6.96. The Bertz CT molecular complexity index is 602. The Kier molecular flexibility index (Phi) is 4.34. The highest BCUT2D eigenvalue weighted by atomic mass is 79.9. The first-order valence-corrected chi connectivity index (χ1v) is 7.92. The highest BCUT2D eigenvalue weighted by Gasteiger charge is 2.20. The van der Waals surface area contributed by atoms with Crippen molar-refractivity contribution in [2.75, 3.05) is 19.7 Å². The first-order chi connectivity index (χ1) is 9.76. The molecular weight excluding hydrogens is 316 g/mol. The summed E-state index contributed by atoms with van der Waals surface area (Å²) in [6.07, 6.45) is 4.17. The van der Waals surface area contributed by atoms with Crippen LogP contribution in [0, 0.1) is 5.92 Å². The molecule has 0 saturated carbocycles. The summed E-state index contributed by atoms with van der Waals surface area (Å²) in [5, 5.41) is 10.5. The molecule has 1 aliphatic rings. The van der Waals surface area contributed by atoms with Gasteiger partial charge in [-0.2, -0.15) is 0 Å². The summed E-state index contributed by atoms with van der Waals surface area (Å²) in [6.45, 7) is 3.30. The van der Waals surface area contributed by atoms with Crippen LogP contribution in [-0.4, -0.2) is 34.7 Å². The average Bonchev–Trinajstić information content (AvgIpc) is 2.47. The number of hydrogen-bond donors (Lipinski definition) is 1. The Balaban J connectivity index is 1.86. The number of nitrogens with zero attached hydrogens (tertiary/aromatic N) is 2. The number of pyridine rings is 1. The van der Waals surface area contributed by atoms with E-state index < -0.39 is 0 Å². The largest absolute Gasteiger partial charge is 0.396 e. The van der Waals surface area contributed by atoms with Gasteiger partial charge in [0.05, 0.1) is 5.52 Å². The third kappa shape index (κ3) is 3.03. The van der Waals surface area contributed by atoms with Gasteiger partial charge in [-0.3, -0.25) is 9.88 Å². The predicted molar refractivity (Wildman–Crippen MR) is 84.5 cm³/mol. The summed E-state index contributed by atoms with van der Waals surface area (Å²) in [5.74, 6) is 0.426. The van der Waals surface area contributed by atoms with Crippen molar-refractivity contribution < 1.29 is 5.11 Å². The maximum atomic E-state index is 9.34. The zero-order valence-corrected chi connectivity index (χ0v) is 13.0. The van der Waals surface area contributed by atoms with Crippen molar-refractivity contribution in [2.45, 2.75) is 19.4 Å². The van der Waals surface area contributed by atoms with Crippen LogP contribution in [0.2, 0.25) is 0 Å². The second-order valence-corrected chi connectivity index (χ2v) is 6.48. The minimum absolute atomic E-state index is 0.300. The molecule has 0 bridgehead atoms. The summed E-state index contributed by atoms with van der Waals surface area (Å²) < 4.78 is 1.10. The third-order valence-electron chi connectivity index (χ3n) is 4.00. The summed E-state index contributed by atoms with van der Waals surface area (Å²) in [6, 6.07) is 8.35. The van der Waals surface area contributed by atoms with E-state index in [0.29, 0.717) is 12.5 Å². The van der Waals surface area contributed by atoms with E-state index in [1.54, 1.807) is 0 Å². The number of fused-ring (bicyclic) bond motifs is 1. The number of likely N-dealkylation sites (tertiary alicyclic amines) is 1. The van der Waals surface area contributed by atoms with Crippen LogP contribution < -0.4 is 0 Å². The van der Waals surface area contributed by atoms with Crippen LogP contribution in [0.1, 0.15) is 18.4 Å². The van der Waals surface area contributed by atoms with E-state index in [-0.39, 0.29) is 0 Å². The molecule has 1 unspecified atom stereocenters. The van der Waals surface area contributed by atoms with Gasteiger partial charge in [0.25, 0.3) is 0 Å². The van der Waals surface area contributed by atoms with Gasteiger partial charge in [-0.05, 0) is 49.1 Å². The SMILES string of the molecule is OCC1CCCN(Cc2cc(Br)cc3cccnc23)C1. The van der Waals surface area contributed by atoms with Crippen LogP contribution in [0.15, 0.2) is 34.9 Å². The van der Waals surface area contributed by atoms with Crippen molar-refractivity contribution in [2.24, 2.45) is 5.92 Å². The fourth-order valence-electron chi connectivity index (χ4n) is 3.03. The number of aliphatic hydroxyl groups excluding tert-OH is 1. The topological polar surface area (TPSA) is 36.4 Å². The molecule has 0 aliphatic carbocycles. The van der Waals surface area contributed by atoms with Crippen LogP contribution in [0.3, 0.4) is 0 Å². The Morgan fingerprint density at radius 2 is 2.30 bits per heavy atom. The Hall–Kier alpha value is -0.970. The lowest BCUT2D eigenvalue weighted by atomic mass is 9.98. The van der Waals surface area contributed by atoms with Crippen molar-refractivity contribution >= 4 is 26.8 Å². The molecule has 20 heavy (non-hydrogen) atoms. The summed E-state index contributed by atoms with van der Waals surface area (Å²) >= 11 is 3.59. The molecule has 1 atom stereocenters. The maximum Gasteiger partial charge on any atom is 0.0747 e. The lowest BCUT2D eigenvalue weighted by Crippen LogP contribution is -2.36. The molecule has 4 heteroatoms. The monoisotopic (exact) mass is 334 g/mol. The fraction of sp³-hybridized carbons (Fsp3) is 0.438. The third-order valence-corrected chi connectivity index (χ3v) is 4.46. The van der Waals surface area contributed by atoms with E-state index >= 15 is 0 Å². The van der Waals surface area contributed by atoms with E-state index in [0.717, 1.165) is 36.0 Å². The standard InChI is InChI=1S/C16H19BrN2O/c17-15-7-13-4-1-5-18-16(13)14(8-15)10-19-6-2-3-12(9-19)11-20/h1,4-5,7-8,12,20H,2-3,6,9-11H2. The molecule has 0 spiro atoms. The van der Waals surface area contributed by atoms with Gasteiger partial charge in [-0.25, -0.2) is 0 Å². The average molecular weight is 335 g/mol. The van der Waals surface area contributed by atoms with E-state index in [1.165, 1.54) is 17.4 Å². The fourth-order valence-corrected chi connectivity index (χ4v) is 3.56. The summed E-state index contributed by atoms with van der Waals surface area (Å²) in [5.41, 5.74) is 2.34. The van der Waals surface area contributed by atoms with E-state index in [4.69, 9.17) is 0 Å². The molecule has 3 rings (SSSR count). The Morgan fingerprint density at radius 3 is 3.15 bits per heavy atom. The quantitative estimate of drug-likeness (QED) is 0.936. The maximum absolute atomic E-state index is 9.34. The second kappa shape index (κ2) is 6.20. The zero-order chi connectivity index (χ0) is 13.9. The summed E-state index contributed by atoms with van der Waals surface area (Å²) in [7, 11) is 0. The minimum atomic E-state index is 0.300. The molecule has 2 aromatic rings. The number of piperidine rings is 1. The van der Waals surface area contributed by atoms with Gasteiger partial charge in [0, 0.05) is 35.8 Å². The van der Waals surface area contributed by atoms with Gasteiger partial charge in [0.15, 0.2) is 0 Å². The Labute approximate surface area is 127 Å². The molecule has 1 N–H and O–H groups in total. The molecular formula is C16H19BrN2O. The van der Waals surface area contributed by atoms with Crippen LogP contribution in [0.4, 0.5) is 0 Å². The number of halogens is 1. The van der Waals surface area contributed by atoms with Gasteiger partial charge in [-0.15, -0.1) is 0 Å². The lowest BCUT2D eigenvalue weighted by molar-refractivity contribution is 0.116. The molecule has 106 valence electrons. The smallest absolute Gasteiger partial charge is 0.0747 e. The molecule has 3 nitrogen and oxygen atoms in total. The Morgan fingerprint density at radius 1 is 1.40 bits per heavy atom. The van der Waals surface area contributed by atoms with E-state index in [2.05, 4.69) is 44.0 Å². The van der Waals surface area contributed by atoms with Crippen molar-refractivity contribution in [1.29, 1.82) is 0 Å². The molecule has 1 aromatic carbocycles. The van der Waals surface area contributed by atoms with Gasteiger partial charge in [0.1, 0.15) is 0 Å². The van der Waals surface area contributed by atoms with Gasteiger partial charge >= 0.3 is 0 Å². The first-order valence-electron chi connectivity index (χ1n) is 7.12. The lowest BCUT2D eigenvalue weighted by Gasteiger charge is -2.32. The number of aromatic nitrogens is 1. The van der Waals surface area contributed by atoms with Crippen molar-refractivity contribution in [3.05, 3.63) is 40.5 Å². The molecule has 0 radical (unpaired) electrons. The number of rotatable bonds is 3. The first kappa shape index (κ1) is 14.0.